The standard InChI is InChI=1S/C15H16N4/c1-11-14-8-12(10-17-15(14)19(2)18-11)9-16-13-6-4-3-5-7-13/h3-8,10,16H,9H2,1-2H3. The summed E-state index contributed by atoms with van der Waals surface area (Å²) in [5, 5.41) is 8.89. The molecule has 0 saturated heterocycles. The quantitative estimate of drug-likeness (QED) is 0.779. The number of aromatic nitrogens is 3. The monoisotopic (exact) mass is 252 g/mol. The SMILES string of the molecule is Cc1nn(C)c2ncc(CNc3ccccc3)cc12. The topological polar surface area (TPSA) is 42.7 Å². The van der Waals surface area contributed by atoms with Gasteiger partial charge in [-0.15, -0.1) is 0 Å². The van der Waals surface area contributed by atoms with Gasteiger partial charge < -0.3 is 5.32 Å². The second kappa shape index (κ2) is 4.72. The van der Waals surface area contributed by atoms with Crippen LogP contribution in [0, 0.1) is 6.92 Å². The largest absolute Gasteiger partial charge is 0.381 e. The molecule has 0 aliphatic heterocycles. The fourth-order valence-corrected chi connectivity index (χ4v) is 2.21. The highest BCUT2D eigenvalue weighted by atomic mass is 15.3. The summed E-state index contributed by atoms with van der Waals surface area (Å²) in [5.41, 5.74) is 4.23. The highest BCUT2D eigenvalue weighted by Gasteiger charge is 2.06. The number of nitrogens with one attached hydrogen (secondary N) is 1. The van der Waals surface area contributed by atoms with Crippen LogP contribution in [0.2, 0.25) is 0 Å². The lowest BCUT2D eigenvalue weighted by Crippen LogP contribution is -2.00. The molecule has 3 aromatic rings. The highest BCUT2D eigenvalue weighted by Crippen LogP contribution is 2.17. The summed E-state index contributed by atoms with van der Waals surface area (Å²) in [5.74, 6) is 0. The number of aryl methyl sites for hydroxylation is 2. The third-order valence-corrected chi connectivity index (χ3v) is 3.19. The Morgan fingerprint density at radius 1 is 1.21 bits per heavy atom. The van der Waals surface area contributed by atoms with E-state index in [9.17, 15) is 0 Å². The molecule has 0 unspecified atom stereocenters. The summed E-state index contributed by atoms with van der Waals surface area (Å²) in [6, 6.07) is 12.3. The number of hydrogen-bond donors (Lipinski definition) is 1. The van der Waals surface area contributed by atoms with Crippen molar-refractivity contribution in [3.05, 3.63) is 53.9 Å². The number of anilines is 1. The Labute approximate surface area is 112 Å². The molecule has 0 spiro atoms. The van der Waals surface area contributed by atoms with Crippen LogP contribution in [0.15, 0.2) is 42.6 Å². The molecule has 19 heavy (non-hydrogen) atoms. The fourth-order valence-electron chi connectivity index (χ4n) is 2.21. The highest BCUT2D eigenvalue weighted by molar-refractivity contribution is 5.78. The summed E-state index contributed by atoms with van der Waals surface area (Å²) in [6.07, 6.45) is 1.90. The predicted molar refractivity (Wildman–Crippen MR) is 77.0 cm³/mol. The summed E-state index contributed by atoms with van der Waals surface area (Å²) in [6.45, 7) is 2.78. The molecule has 2 aromatic heterocycles. The van der Waals surface area contributed by atoms with E-state index in [4.69, 9.17) is 0 Å². The first-order valence-corrected chi connectivity index (χ1v) is 6.31. The molecular weight excluding hydrogens is 236 g/mol. The van der Waals surface area contributed by atoms with Crippen LogP contribution in [0.1, 0.15) is 11.3 Å². The Kier molecular flexibility index (Phi) is 2.91. The molecule has 2 heterocycles. The molecule has 3 rings (SSSR count). The first-order chi connectivity index (χ1) is 9.24. The van der Waals surface area contributed by atoms with E-state index in [1.165, 1.54) is 0 Å². The second-order valence-electron chi connectivity index (χ2n) is 4.64. The summed E-state index contributed by atoms with van der Waals surface area (Å²) in [4.78, 5) is 4.47. The number of benzene rings is 1. The smallest absolute Gasteiger partial charge is 0.157 e. The Bertz CT molecular complexity index is 701. The van der Waals surface area contributed by atoms with E-state index in [0.29, 0.717) is 0 Å². The fraction of sp³-hybridized carbons (Fsp3) is 0.200. The van der Waals surface area contributed by atoms with E-state index in [0.717, 1.165) is 34.5 Å². The summed E-state index contributed by atoms with van der Waals surface area (Å²) < 4.78 is 1.82. The molecule has 0 aliphatic rings. The maximum atomic E-state index is 4.47. The van der Waals surface area contributed by atoms with Gasteiger partial charge in [-0.05, 0) is 30.7 Å². The van der Waals surface area contributed by atoms with Crippen LogP contribution < -0.4 is 5.32 Å². The Morgan fingerprint density at radius 2 is 2.00 bits per heavy atom. The summed E-state index contributed by atoms with van der Waals surface area (Å²) >= 11 is 0. The molecule has 4 nitrogen and oxygen atoms in total. The first kappa shape index (κ1) is 11.7. The van der Waals surface area contributed by atoms with Gasteiger partial charge in [-0.2, -0.15) is 5.10 Å². The van der Waals surface area contributed by atoms with Gasteiger partial charge in [0.15, 0.2) is 5.65 Å². The number of rotatable bonds is 3. The van der Waals surface area contributed by atoms with Crippen LogP contribution in [-0.2, 0) is 13.6 Å². The van der Waals surface area contributed by atoms with Crippen LogP contribution >= 0.6 is 0 Å². The first-order valence-electron chi connectivity index (χ1n) is 6.31. The maximum absolute atomic E-state index is 4.47. The van der Waals surface area contributed by atoms with E-state index < -0.39 is 0 Å². The lowest BCUT2D eigenvalue weighted by Gasteiger charge is -2.06. The number of nitrogens with zero attached hydrogens (tertiary/aromatic N) is 3. The molecule has 1 aromatic carbocycles. The van der Waals surface area contributed by atoms with Crippen molar-refractivity contribution in [2.45, 2.75) is 13.5 Å². The normalized spacial score (nSPS) is 10.8. The molecular formula is C15H16N4. The van der Waals surface area contributed by atoms with Gasteiger partial charge in [0.1, 0.15) is 0 Å². The molecule has 4 heteroatoms. The third-order valence-electron chi connectivity index (χ3n) is 3.19. The van der Waals surface area contributed by atoms with Crippen LogP contribution in [0.5, 0.6) is 0 Å². The number of para-hydroxylation sites is 1. The zero-order valence-electron chi connectivity index (χ0n) is 11.1. The maximum Gasteiger partial charge on any atom is 0.157 e. The number of fused-ring (bicyclic) bond motifs is 1. The average Bonchev–Trinajstić information content (AvgIpc) is 2.73. The van der Waals surface area contributed by atoms with Gasteiger partial charge in [0, 0.05) is 30.9 Å². The zero-order chi connectivity index (χ0) is 13.2. The van der Waals surface area contributed by atoms with E-state index in [1.807, 2.05) is 43.0 Å². The molecule has 0 bridgehead atoms. The van der Waals surface area contributed by atoms with Crippen molar-refractivity contribution in [3.63, 3.8) is 0 Å². The van der Waals surface area contributed by atoms with E-state index in [2.05, 4.69) is 33.6 Å². The van der Waals surface area contributed by atoms with Crippen molar-refractivity contribution in [1.82, 2.24) is 14.8 Å². The van der Waals surface area contributed by atoms with Crippen molar-refractivity contribution in [3.8, 4) is 0 Å². The molecule has 0 fully saturated rings. The molecule has 1 N–H and O–H groups in total. The second-order valence-corrected chi connectivity index (χ2v) is 4.64. The van der Waals surface area contributed by atoms with E-state index >= 15 is 0 Å². The van der Waals surface area contributed by atoms with E-state index in [-0.39, 0.29) is 0 Å². The van der Waals surface area contributed by atoms with Crippen LogP contribution in [-0.4, -0.2) is 14.8 Å². The van der Waals surface area contributed by atoms with Gasteiger partial charge in [-0.3, -0.25) is 4.68 Å². The molecule has 0 saturated carbocycles. The predicted octanol–water partition coefficient (Wildman–Crippen LogP) is 2.89. The van der Waals surface area contributed by atoms with Crippen LogP contribution in [0.4, 0.5) is 5.69 Å². The van der Waals surface area contributed by atoms with Crippen molar-refractivity contribution in [2.75, 3.05) is 5.32 Å². The Morgan fingerprint density at radius 3 is 2.79 bits per heavy atom. The van der Waals surface area contributed by atoms with Gasteiger partial charge in [0.2, 0.25) is 0 Å². The number of pyridine rings is 1. The van der Waals surface area contributed by atoms with Crippen molar-refractivity contribution in [1.29, 1.82) is 0 Å². The van der Waals surface area contributed by atoms with E-state index in [1.54, 1.807) is 0 Å². The van der Waals surface area contributed by atoms with Gasteiger partial charge in [-0.25, -0.2) is 4.98 Å². The minimum absolute atomic E-state index is 0.765. The van der Waals surface area contributed by atoms with Gasteiger partial charge in [-0.1, -0.05) is 18.2 Å². The molecule has 96 valence electrons. The zero-order valence-corrected chi connectivity index (χ0v) is 11.1. The lowest BCUT2D eigenvalue weighted by molar-refractivity contribution is 0.773. The average molecular weight is 252 g/mol. The van der Waals surface area contributed by atoms with Gasteiger partial charge in [0.25, 0.3) is 0 Å². The Hall–Kier alpha value is -2.36. The van der Waals surface area contributed by atoms with Gasteiger partial charge in [0.05, 0.1) is 5.69 Å². The third kappa shape index (κ3) is 2.29. The van der Waals surface area contributed by atoms with Crippen LogP contribution in [0.25, 0.3) is 11.0 Å². The molecule has 0 amide bonds. The van der Waals surface area contributed by atoms with Crippen LogP contribution in [0.3, 0.4) is 0 Å². The van der Waals surface area contributed by atoms with Gasteiger partial charge >= 0.3 is 0 Å². The van der Waals surface area contributed by atoms with Crippen molar-refractivity contribution < 1.29 is 0 Å². The Balaban J connectivity index is 1.84. The molecule has 0 radical (unpaired) electrons. The minimum Gasteiger partial charge on any atom is -0.381 e. The molecule has 0 atom stereocenters. The molecule has 0 aliphatic carbocycles. The van der Waals surface area contributed by atoms with Crippen molar-refractivity contribution >= 4 is 16.7 Å². The van der Waals surface area contributed by atoms with Crippen molar-refractivity contribution in [2.24, 2.45) is 7.05 Å². The lowest BCUT2D eigenvalue weighted by atomic mass is 10.2. The summed E-state index contributed by atoms with van der Waals surface area (Å²) in [7, 11) is 1.92. The minimum atomic E-state index is 0.765. The number of hydrogen-bond acceptors (Lipinski definition) is 3.